The van der Waals surface area contributed by atoms with E-state index >= 15 is 0 Å². The fraction of sp³-hybridized carbons (Fsp3) is 0.409. The Morgan fingerprint density at radius 3 is 2.41 bits per heavy atom. The molecule has 3 rings (SSSR count). The fourth-order valence-corrected chi connectivity index (χ4v) is 3.20. The zero-order valence-corrected chi connectivity index (χ0v) is 17.4. The number of likely N-dealkylation sites (tertiary alicyclic amines) is 1. The van der Waals surface area contributed by atoms with Crippen molar-refractivity contribution in [2.24, 2.45) is 0 Å². The topological polar surface area (TPSA) is 78.0 Å². The van der Waals surface area contributed by atoms with Crippen LogP contribution in [0.4, 0.5) is 4.79 Å². The van der Waals surface area contributed by atoms with Gasteiger partial charge in [-0.3, -0.25) is 4.98 Å². The predicted molar refractivity (Wildman–Crippen MR) is 108 cm³/mol. The normalized spacial score (nSPS) is 14.2. The molecule has 1 aromatic heterocycles. The average Bonchev–Trinajstić information content (AvgIpc) is 2.64. The van der Waals surface area contributed by atoms with E-state index in [1.807, 2.05) is 51.1 Å². The number of aromatic nitrogens is 1. The number of carbonyl (C=O) groups is 2. The molecule has 1 fully saturated rings. The molecule has 0 atom stereocenters. The highest BCUT2D eigenvalue weighted by Gasteiger charge is 2.36. The maximum absolute atomic E-state index is 12.3. The van der Waals surface area contributed by atoms with Gasteiger partial charge in [0.2, 0.25) is 0 Å². The van der Waals surface area contributed by atoms with Crippen LogP contribution in [0.5, 0.6) is 5.75 Å². The zero-order chi connectivity index (χ0) is 21.2. The van der Waals surface area contributed by atoms with E-state index in [0.717, 1.165) is 11.3 Å². The largest absolute Gasteiger partial charge is 0.496 e. The quantitative estimate of drug-likeness (QED) is 0.728. The average molecular weight is 398 g/mol. The Morgan fingerprint density at radius 2 is 1.79 bits per heavy atom. The second-order valence-corrected chi connectivity index (χ2v) is 7.93. The van der Waals surface area contributed by atoms with E-state index in [2.05, 4.69) is 4.98 Å². The minimum absolute atomic E-state index is 0.0719. The summed E-state index contributed by atoms with van der Waals surface area (Å²) in [6.07, 6.45) is 1.20. The van der Waals surface area contributed by atoms with Crippen molar-refractivity contribution in [3.8, 4) is 16.9 Å². The number of nitrogens with zero attached hydrogens (tertiary/aromatic N) is 2. The van der Waals surface area contributed by atoms with Gasteiger partial charge in [0.1, 0.15) is 11.4 Å². The molecule has 2 heterocycles. The molecule has 1 amide bonds. The van der Waals surface area contributed by atoms with Crippen molar-refractivity contribution in [2.75, 3.05) is 27.3 Å². The highest BCUT2D eigenvalue weighted by molar-refractivity contribution is 5.97. The molecule has 0 aliphatic carbocycles. The van der Waals surface area contributed by atoms with Crippen molar-refractivity contribution >= 4 is 12.1 Å². The molecular formula is C22H26N2O5. The summed E-state index contributed by atoms with van der Waals surface area (Å²) in [7, 11) is 2.93. The van der Waals surface area contributed by atoms with Gasteiger partial charge in [-0.25, -0.2) is 9.59 Å². The minimum atomic E-state index is -0.528. The lowest BCUT2D eigenvalue weighted by atomic mass is 9.92. The summed E-state index contributed by atoms with van der Waals surface area (Å²) >= 11 is 0. The number of methoxy groups -OCH3 is 2. The number of hydrogen-bond acceptors (Lipinski definition) is 6. The first kappa shape index (κ1) is 20.6. The van der Waals surface area contributed by atoms with Crippen LogP contribution < -0.4 is 4.74 Å². The Kier molecular flexibility index (Phi) is 5.77. The Labute approximate surface area is 170 Å². The van der Waals surface area contributed by atoms with Gasteiger partial charge in [0.15, 0.2) is 0 Å². The van der Waals surface area contributed by atoms with Gasteiger partial charge >= 0.3 is 12.1 Å². The molecule has 1 aliphatic heterocycles. The summed E-state index contributed by atoms with van der Waals surface area (Å²) in [5.74, 6) is 0.260. The number of hydrogen-bond donors (Lipinski definition) is 0. The molecule has 0 saturated carbocycles. The van der Waals surface area contributed by atoms with E-state index < -0.39 is 11.6 Å². The van der Waals surface area contributed by atoms with Crippen molar-refractivity contribution in [3.63, 3.8) is 0 Å². The van der Waals surface area contributed by atoms with E-state index in [-0.39, 0.29) is 12.0 Å². The van der Waals surface area contributed by atoms with Gasteiger partial charge in [-0.2, -0.15) is 0 Å². The van der Waals surface area contributed by atoms with E-state index in [1.54, 1.807) is 12.0 Å². The van der Waals surface area contributed by atoms with Gasteiger partial charge in [-0.1, -0.05) is 18.2 Å². The lowest BCUT2D eigenvalue weighted by molar-refractivity contribution is 0.00788. The maximum atomic E-state index is 12.3. The molecule has 7 nitrogen and oxygen atoms in total. The summed E-state index contributed by atoms with van der Waals surface area (Å²) in [5.41, 5.74) is 2.11. The van der Waals surface area contributed by atoms with Gasteiger partial charge in [0, 0.05) is 42.0 Å². The zero-order valence-electron chi connectivity index (χ0n) is 17.4. The number of carbonyl (C=O) groups excluding carboxylic acids is 2. The number of ether oxygens (including phenoxy) is 3. The molecule has 0 N–H and O–H groups in total. The second-order valence-electron chi connectivity index (χ2n) is 7.93. The standard InChI is InChI=1S/C22H26N2O5/c1-22(2,3)29-21(26)24-12-14(13-24)18-10-16(17(11-23-18)20(25)28-5)15-8-6-7-9-19(15)27-4/h6-11,14H,12-13H2,1-5H3. The summed E-state index contributed by atoms with van der Waals surface area (Å²) < 4.78 is 15.8. The van der Waals surface area contributed by atoms with Crippen LogP contribution >= 0.6 is 0 Å². The van der Waals surface area contributed by atoms with Gasteiger partial charge in [-0.15, -0.1) is 0 Å². The number of para-hydroxylation sites is 1. The smallest absolute Gasteiger partial charge is 0.410 e. The number of rotatable bonds is 4. The van der Waals surface area contributed by atoms with Crippen LogP contribution in [-0.4, -0.2) is 54.9 Å². The molecule has 29 heavy (non-hydrogen) atoms. The van der Waals surface area contributed by atoms with E-state index in [1.165, 1.54) is 13.3 Å². The third-order valence-electron chi connectivity index (χ3n) is 4.68. The fourth-order valence-electron chi connectivity index (χ4n) is 3.20. The number of pyridine rings is 1. The molecule has 1 aliphatic rings. The first-order valence-corrected chi connectivity index (χ1v) is 9.43. The van der Waals surface area contributed by atoms with Gasteiger partial charge in [0.25, 0.3) is 0 Å². The van der Waals surface area contributed by atoms with Gasteiger partial charge in [-0.05, 0) is 32.9 Å². The maximum Gasteiger partial charge on any atom is 0.410 e. The van der Waals surface area contributed by atoms with Crippen LogP contribution in [0.2, 0.25) is 0 Å². The summed E-state index contributed by atoms with van der Waals surface area (Å²) in [5, 5.41) is 0. The van der Waals surface area contributed by atoms with E-state index in [0.29, 0.717) is 30.0 Å². The summed E-state index contributed by atoms with van der Waals surface area (Å²) in [6, 6.07) is 9.35. The van der Waals surface area contributed by atoms with Crippen LogP contribution in [0.15, 0.2) is 36.5 Å². The third kappa shape index (κ3) is 4.50. The first-order chi connectivity index (χ1) is 13.7. The van der Waals surface area contributed by atoms with Crippen molar-refractivity contribution in [2.45, 2.75) is 32.3 Å². The lowest BCUT2D eigenvalue weighted by Gasteiger charge is -2.39. The molecule has 154 valence electrons. The van der Waals surface area contributed by atoms with Crippen molar-refractivity contribution < 1.29 is 23.8 Å². The molecular weight excluding hydrogens is 372 g/mol. The molecule has 0 spiro atoms. The number of esters is 1. The third-order valence-corrected chi connectivity index (χ3v) is 4.68. The van der Waals surface area contributed by atoms with Crippen LogP contribution in [0.1, 0.15) is 42.7 Å². The molecule has 2 aromatic rings. The van der Waals surface area contributed by atoms with Crippen molar-refractivity contribution in [1.29, 1.82) is 0 Å². The van der Waals surface area contributed by atoms with Crippen LogP contribution in [-0.2, 0) is 9.47 Å². The molecule has 0 bridgehead atoms. The minimum Gasteiger partial charge on any atom is -0.496 e. The Hall–Kier alpha value is -3.09. The second kappa shape index (κ2) is 8.11. The molecule has 0 unspecified atom stereocenters. The van der Waals surface area contributed by atoms with E-state index in [9.17, 15) is 9.59 Å². The molecule has 1 aromatic carbocycles. The monoisotopic (exact) mass is 398 g/mol. The van der Waals surface area contributed by atoms with E-state index in [4.69, 9.17) is 14.2 Å². The molecule has 1 saturated heterocycles. The molecule has 0 radical (unpaired) electrons. The summed E-state index contributed by atoms with van der Waals surface area (Å²) in [6.45, 7) is 6.56. The number of benzene rings is 1. The Morgan fingerprint density at radius 1 is 1.10 bits per heavy atom. The Balaban J connectivity index is 1.88. The van der Waals surface area contributed by atoms with Crippen LogP contribution in [0, 0.1) is 0 Å². The SMILES string of the molecule is COC(=O)c1cnc(C2CN(C(=O)OC(C)(C)C)C2)cc1-c1ccccc1OC. The summed E-state index contributed by atoms with van der Waals surface area (Å²) in [4.78, 5) is 30.6. The predicted octanol–water partition coefficient (Wildman–Crippen LogP) is 3.88. The first-order valence-electron chi connectivity index (χ1n) is 9.43. The number of amides is 1. The van der Waals surface area contributed by atoms with Crippen molar-refractivity contribution in [3.05, 3.63) is 47.8 Å². The highest BCUT2D eigenvalue weighted by Crippen LogP contribution is 2.35. The highest BCUT2D eigenvalue weighted by atomic mass is 16.6. The van der Waals surface area contributed by atoms with Crippen molar-refractivity contribution in [1.82, 2.24) is 9.88 Å². The van der Waals surface area contributed by atoms with Crippen LogP contribution in [0.25, 0.3) is 11.1 Å². The molecule has 7 heteroatoms. The van der Waals surface area contributed by atoms with Crippen LogP contribution in [0.3, 0.4) is 0 Å². The van der Waals surface area contributed by atoms with Gasteiger partial charge < -0.3 is 19.1 Å². The Bertz CT molecular complexity index is 914. The van der Waals surface area contributed by atoms with Gasteiger partial charge in [0.05, 0.1) is 19.8 Å². The lowest BCUT2D eigenvalue weighted by Crippen LogP contribution is -2.50.